The van der Waals surface area contributed by atoms with E-state index in [4.69, 9.17) is 11.2 Å². The number of hydrogen-bond acceptors (Lipinski definition) is 3. The van der Waals surface area contributed by atoms with Gasteiger partial charge in [-0.3, -0.25) is 4.79 Å². The number of amides is 1. The van der Waals surface area contributed by atoms with Gasteiger partial charge in [-0.05, 0) is 17.4 Å². The lowest BCUT2D eigenvalue weighted by atomic mass is 10.1. The van der Waals surface area contributed by atoms with Crippen LogP contribution in [0.25, 0.3) is 0 Å². The number of hydrogen-bond donors (Lipinski definition) is 2. The minimum atomic E-state index is -2.03. The highest BCUT2D eigenvalue weighted by molar-refractivity contribution is 7.40. The second-order valence-electron chi connectivity index (χ2n) is 2.51. The van der Waals surface area contributed by atoms with E-state index < -0.39 is 14.1 Å². The molecule has 1 heterocycles. The molecular formula is C5H11N3O2P+. The predicted molar refractivity (Wildman–Crippen MR) is 40.7 cm³/mol. The van der Waals surface area contributed by atoms with Crippen LogP contribution in [0.3, 0.4) is 0 Å². The Hall–Kier alpha value is -0.510. The highest BCUT2D eigenvalue weighted by atomic mass is 31.1. The maximum atomic E-state index is 11.1. The van der Waals surface area contributed by atoms with E-state index in [0.29, 0.717) is 13.0 Å². The molecule has 1 fully saturated rings. The highest BCUT2D eigenvalue weighted by Gasteiger charge is 2.36. The molecule has 1 rings (SSSR count). The standard InChI is InChI=1S/C5H11N3O2P/c6-4-2-1-3-8(5(4)9)11(7)10/h4H,1-3,6H2,(H2,7,10)/q+1/t4-/m0/s1. The first kappa shape index (κ1) is 8.59. The van der Waals surface area contributed by atoms with Crippen LogP contribution in [0.1, 0.15) is 12.8 Å². The Morgan fingerprint density at radius 1 is 1.64 bits per heavy atom. The Bertz CT molecular complexity index is 196. The maximum absolute atomic E-state index is 11.1. The molecule has 2 atom stereocenters. The van der Waals surface area contributed by atoms with Crippen molar-refractivity contribution in [2.75, 3.05) is 6.54 Å². The van der Waals surface area contributed by atoms with Gasteiger partial charge in [-0.2, -0.15) is 0 Å². The van der Waals surface area contributed by atoms with Gasteiger partial charge < -0.3 is 5.73 Å². The van der Waals surface area contributed by atoms with Gasteiger partial charge in [0.2, 0.25) is 0 Å². The van der Waals surface area contributed by atoms with E-state index in [0.717, 1.165) is 11.1 Å². The predicted octanol–water partition coefficient (Wildman–Crippen LogP) is -0.448. The van der Waals surface area contributed by atoms with Crippen molar-refractivity contribution < 1.29 is 9.36 Å². The second kappa shape index (κ2) is 3.26. The van der Waals surface area contributed by atoms with Gasteiger partial charge in [-0.15, -0.1) is 4.67 Å². The zero-order chi connectivity index (χ0) is 8.43. The number of nitrogens with two attached hydrogens (primary N) is 2. The van der Waals surface area contributed by atoms with Crippen molar-refractivity contribution >= 4 is 14.0 Å². The summed E-state index contributed by atoms with van der Waals surface area (Å²) < 4.78 is 11.9. The lowest BCUT2D eigenvalue weighted by Crippen LogP contribution is -2.45. The average molecular weight is 176 g/mol. The lowest BCUT2D eigenvalue weighted by molar-refractivity contribution is -0.129. The number of carbonyl (C=O) groups is 1. The fraction of sp³-hybridized carbons (Fsp3) is 0.800. The first-order valence-corrected chi connectivity index (χ1v) is 4.70. The minimum Gasteiger partial charge on any atom is -0.320 e. The minimum absolute atomic E-state index is 0.292. The fourth-order valence-corrected chi connectivity index (χ4v) is 1.76. The SMILES string of the molecule is N[C@H]1CCCN([P+](N)=O)C1=O. The van der Waals surface area contributed by atoms with Gasteiger partial charge in [0.1, 0.15) is 0 Å². The molecule has 5 nitrogen and oxygen atoms in total. The molecule has 0 spiro atoms. The fourth-order valence-electron chi connectivity index (χ4n) is 1.08. The van der Waals surface area contributed by atoms with Crippen LogP contribution in [0.15, 0.2) is 0 Å². The monoisotopic (exact) mass is 176 g/mol. The summed E-state index contributed by atoms with van der Waals surface area (Å²) in [5.74, 6) is -0.292. The summed E-state index contributed by atoms with van der Waals surface area (Å²) >= 11 is 0. The number of piperidine rings is 1. The van der Waals surface area contributed by atoms with E-state index in [1.165, 1.54) is 0 Å². The molecule has 1 aliphatic rings. The summed E-state index contributed by atoms with van der Waals surface area (Å²) in [4.78, 5) is 11.1. The summed E-state index contributed by atoms with van der Waals surface area (Å²) in [6, 6.07) is -0.508. The maximum Gasteiger partial charge on any atom is 0.563 e. The van der Waals surface area contributed by atoms with Crippen molar-refractivity contribution in [3.8, 4) is 0 Å². The smallest absolute Gasteiger partial charge is 0.320 e. The molecule has 11 heavy (non-hydrogen) atoms. The molecule has 0 radical (unpaired) electrons. The van der Waals surface area contributed by atoms with Crippen molar-refractivity contribution in [2.45, 2.75) is 18.9 Å². The van der Waals surface area contributed by atoms with Crippen molar-refractivity contribution in [1.82, 2.24) is 4.67 Å². The van der Waals surface area contributed by atoms with Crippen LogP contribution in [0.4, 0.5) is 0 Å². The summed E-state index contributed by atoms with van der Waals surface area (Å²) in [5.41, 5.74) is 10.5. The molecular weight excluding hydrogens is 165 g/mol. The molecule has 1 amide bonds. The summed E-state index contributed by atoms with van der Waals surface area (Å²) in [5, 5.41) is 0. The first-order chi connectivity index (χ1) is 5.13. The zero-order valence-electron chi connectivity index (χ0n) is 6.06. The van der Waals surface area contributed by atoms with Gasteiger partial charge in [0.15, 0.2) is 0 Å². The normalized spacial score (nSPS) is 27.1. The van der Waals surface area contributed by atoms with Crippen molar-refractivity contribution in [3.05, 3.63) is 0 Å². The molecule has 0 aromatic carbocycles. The summed E-state index contributed by atoms with van der Waals surface area (Å²) in [6.45, 7) is 0.470. The Labute approximate surface area is 65.6 Å². The van der Waals surface area contributed by atoms with E-state index in [2.05, 4.69) is 0 Å². The van der Waals surface area contributed by atoms with Crippen LogP contribution in [0, 0.1) is 0 Å². The third-order valence-corrected chi connectivity index (χ3v) is 2.57. The highest BCUT2D eigenvalue weighted by Crippen LogP contribution is 2.23. The van der Waals surface area contributed by atoms with Gasteiger partial charge in [0.25, 0.3) is 5.91 Å². The number of rotatable bonds is 1. The van der Waals surface area contributed by atoms with E-state index in [-0.39, 0.29) is 5.91 Å². The summed E-state index contributed by atoms with van der Waals surface area (Å²) in [6.07, 6.45) is 1.45. The van der Waals surface area contributed by atoms with Crippen LogP contribution in [0.5, 0.6) is 0 Å². The van der Waals surface area contributed by atoms with Crippen LogP contribution in [-0.4, -0.2) is 23.2 Å². The van der Waals surface area contributed by atoms with Crippen molar-refractivity contribution in [1.29, 1.82) is 0 Å². The average Bonchev–Trinajstić information content (AvgIpc) is 1.94. The Balaban J connectivity index is 2.66. The van der Waals surface area contributed by atoms with Gasteiger partial charge >= 0.3 is 8.10 Å². The largest absolute Gasteiger partial charge is 0.563 e. The Kier molecular flexibility index (Phi) is 2.54. The molecule has 4 N–H and O–H groups in total. The van der Waals surface area contributed by atoms with Gasteiger partial charge in [0.05, 0.1) is 12.6 Å². The van der Waals surface area contributed by atoms with E-state index >= 15 is 0 Å². The molecule has 0 aromatic heterocycles. The molecule has 1 aliphatic heterocycles. The van der Waals surface area contributed by atoms with Crippen LogP contribution >= 0.6 is 8.10 Å². The van der Waals surface area contributed by atoms with Crippen molar-refractivity contribution in [3.63, 3.8) is 0 Å². The van der Waals surface area contributed by atoms with E-state index in [9.17, 15) is 9.36 Å². The van der Waals surface area contributed by atoms with Crippen LogP contribution < -0.4 is 11.2 Å². The number of carbonyl (C=O) groups excluding carboxylic acids is 1. The second-order valence-corrected chi connectivity index (χ2v) is 3.60. The molecule has 6 heteroatoms. The molecule has 1 saturated heterocycles. The van der Waals surface area contributed by atoms with E-state index in [1.807, 2.05) is 0 Å². The Morgan fingerprint density at radius 2 is 2.27 bits per heavy atom. The van der Waals surface area contributed by atoms with Crippen molar-refractivity contribution in [2.24, 2.45) is 11.2 Å². The molecule has 0 bridgehead atoms. The van der Waals surface area contributed by atoms with Gasteiger partial charge in [0, 0.05) is 0 Å². The van der Waals surface area contributed by atoms with Gasteiger partial charge in [-0.1, -0.05) is 5.50 Å². The summed E-state index contributed by atoms with van der Waals surface area (Å²) in [7, 11) is -2.03. The molecule has 0 aromatic rings. The zero-order valence-corrected chi connectivity index (χ0v) is 6.96. The quantitative estimate of drug-likeness (QED) is 0.529. The Morgan fingerprint density at radius 3 is 2.73 bits per heavy atom. The number of nitrogens with zero attached hydrogens (tertiary/aromatic N) is 1. The van der Waals surface area contributed by atoms with E-state index in [1.54, 1.807) is 0 Å². The third-order valence-electron chi connectivity index (χ3n) is 1.69. The van der Waals surface area contributed by atoms with Gasteiger partial charge in [-0.25, -0.2) is 0 Å². The van der Waals surface area contributed by atoms with Crippen LogP contribution in [0.2, 0.25) is 0 Å². The first-order valence-electron chi connectivity index (χ1n) is 3.41. The molecule has 0 saturated carbocycles. The molecule has 0 aliphatic carbocycles. The third kappa shape index (κ3) is 1.74. The lowest BCUT2D eigenvalue weighted by Gasteiger charge is -2.20. The van der Waals surface area contributed by atoms with Crippen LogP contribution in [-0.2, 0) is 9.36 Å². The molecule has 1 unspecified atom stereocenters. The topological polar surface area (TPSA) is 89.4 Å². The molecule has 62 valence electrons.